The molecule has 7 nitrogen and oxygen atoms in total. The Morgan fingerprint density at radius 3 is 2.92 bits per heavy atom. The second-order valence-corrected chi connectivity index (χ2v) is 7.05. The smallest absolute Gasteiger partial charge is 0.224 e. The first-order chi connectivity index (χ1) is 12.0. The monoisotopic (exact) mass is 349 g/mol. The minimum atomic E-state index is -0.0935. The van der Waals surface area contributed by atoms with Crippen molar-refractivity contribution in [2.75, 3.05) is 40.3 Å². The van der Waals surface area contributed by atoms with Crippen molar-refractivity contribution in [1.82, 2.24) is 24.7 Å². The van der Waals surface area contributed by atoms with Crippen LogP contribution in [0.2, 0.25) is 0 Å². The van der Waals surface area contributed by atoms with E-state index in [2.05, 4.69) is 33.9 Å². The molecular formula is C18H31N5O2. The number of rotatable bonds is 8. The van der Waals surface area contributed by atoms with E-state index in [0.717, 1.165) is 51.3 Å². The quantitative estimate of drug-likeness (QED) is 0.762. The summed E-state index contributed by atoms with van der Waals surface area (Å²) >= 11 is 0. The summed E-state index contributed by atoms with van der Waals surface area (Å²) in [5.41, 5.74) is 0. The molecule has 1 aliphatic heterocycles. The van der Waals surface area contributed by atoms with E-state index >= 15 is 0 Å². The van der Waals surface area contributed by atoms with Crippen LogP contribution in [0.4, 0.5) is 0 Å². The number of carbonyl (C=O) groups excluding carboxylic acids is 2. The fourth-order valence-corrected chi connectivity index (χ4v) is 3.34. The van der Waals surface area contributed by atoms with E-state index in [1.807, 2.05) is 17.3 Å². The normalized spacial score (nSPS) is 17.8. The third kappa shape index (κ3) is 6.16. The summed E-state index contributed by atoms with van der Waals surface area (Å²) in [6, 6.07) is 0. The number of amides is 2. The predicted molar refractivity (Wildman–Crippen MR) is 97.3 cm³/mol. The highest BCUT2D eigenvalue weighted by Gasteiger charge is 2.27. The van der Waals surface area contributed by atoms with Crippen LogP contribution in [-0.2, 0) is 16.1 Å². The molecule has 1 aromatic heterocycles. The van der Waals surface area contributed by atoms with Gasteiger partial charge in [0.05, 0.1) is 0 Å². The molecule has 2 rings (SSSR count). The SMILES string of the molecule is CC(=O)NCCC(=O)N1CCC[C@@H](c2nccn2CCCN(C)C)C1. The van der Waals surface area contributed by atoms with Gasteiger partial charge in [0.25, 0.3) is 0 Å². The lowest BCUT2D eigenvalue weighted by molar-refractivity contribution is -0.132. The summed E-state index contributed by atoms with van der Waals surface area (Å²) < 4.78 is 2.24. The molecule has 1 aromatic rings. The Kier molecular flexibility index (Phi) is 7.43. The fourth-order valence-electron chi connectivity index (χ4n) is 3.34. The lowest BCUT2D eigenvalue weighted by Gasteiger charge is -2.33. The molecule has 1 atom stereocenters. The number of hydrogen-bond acceptors (Lipinski definition) is 4. The topological polar surface area (TPSA) is 70.5 Å². The maximum Gasteiger partial charge on any atom is 0.224 e. The highest BCUT2D eigenvalue weighted by atomic mass is 16.2. The average Bonchev–Trinajstić information content (AvgIpc) is 3.02. The first-order valence-corrected chi connectivity index (χ1v) is 9.15. The zero-order chi connectivity index (χ0) is 18.2. The lowest BCUT2D eigenvalue weighted by atomic mass is 9.96. The second-order valence-electron chi connectivity index (χ2n) is 7.05. The van der Waals surface area contributed by atoms with E-state index in [1.54, 1.807) is 0 Å². The number of piperidine rings is 1. The van der Waals surface area contributed by atoms with E-state index in [0.29, 0.717) is 18.9 Å². The zero-order valence-corrected chi connectivity index (χ0v) is 15.7. The number of hydrogen-bond donors (Lipinski definition) is 1. The van der Waals surface area contributed by atoms with E-state index < -0.39 is 0 Å². The third-order valence-electron chi connectivity index (χ3n) is 4.60. The van der Waals surface area contributed by atoms with Crippen molar-refractivity contribution in [3.63, 3.8) is 0 Å². The fraction of sp³-hybridized carbons (Fsp3) is 0.722. The molecule has 0 aromatic carbocycles. The molecule has 1 saturated heterocycles. The Labute approximate surface area is 150 Å². The van der Waals surface area contributed by atoms with Crippen LogP contribution in [0.15, 0.2) is 12.4 Å². The van der Waals surface area contributed by atoms with Gasteiger partial charge in [-0.25, -0.2) is 4.98 Å². The van der Waals surface area contributed by atoms with E-state index in [9.17, 15) is 9.59 Å². The number of carbonyl (C=O) groups is 2. The molecule has 1 aliphatic rings. The molecule has 0 radical (unpaired) electrons. The minimum absolute atomic E-state index is 0.0935. The van der Waals surface area contributed by atoms with E-state index in [-0.39, 0.29) is 11.8 Å². The van der Waals surface area contributed by atoms with E-state index in [4.69, 9.17) is 0 Å². The molecule has 0 spiro atoms. The van der Waals surface area contributed by atoms with Gasteiger partial charge >= 0.3 is 0 Å². The van der Waals surface area contributed by atoms with Crippen LogP contribution < -0.4 is 5.32 Å². The Morgan fingerprint density at radius 2 is 2.20 bits per heavy atom. The van der Waals surface area contributed by atoms with Crippen LogP contribution in [-0.4, -0.2) is 71.4 Å². The molecule has 25 heavy (non-hydrogen) atoms. The number of nitrogens with zero attached hydrogens (tertiary/aromatic N) is 4. The van der Waals surface area contributed by atoms with Crippen molar-refractivity contribution in [2.45, 2.75) is 45.1 Å². The Morgan fingerprint density at radius 1 is 1.40 bits per heavy atom. The molecule has 2 amide bonds. The van der Waals surface area contributed by atoms with Gasteiger partial charge in [0, 0.05) is 57.8 Å². The zero-order valence-electron chi connectivity index (χ0n) is 15.7. The molecule has 140 valence electrons. The van der Waals surface area contributed by atoms with Crippen molar-refractivity contribution < 1.29 is 9.59 Å². The highest BCUT2D eigenvalue weighted by molar-refractivity contribution is 5.78. The number of aromatic nitrogens is 2. The van der Waals surface area contributed by atoms with Crippen LogP contribution in [0.5, 0.6) is 0 Å². The second kappa shape index (κ2) is 9.56. The van der Waals surface area contributed by atoms with Gasteiger partial charge in [-0.1, -0.05) is 0 Å². The molecule has 2 heterocycles. The summed E-state index contributed by atoms with van der Waals surface area (Å²) in [4.78, 5) is 32.0. The molecule has 0 saturated carbocycles. The van der Waals surface area contributed by atoms with Gasteiger partial charge in [-0.2, -0.15) is 0 Å². The predicted octanol–water partition coefficient (Wildman–Crippen LogP) is 1.07. The highest BCUT2D eigenvalue weighted by Crippen LogP contribution is 2.26. The van der Waals surface area contributed by atoms with Gasteiger partial charge < -0.3 is 19.7 Å². The molecule has 0 aliphatic carbocycles. The number of nitrogens with one attached hydrogen (secondary N) is 1. The van der Waals surface area contributed by atoms with Crippen molar-refractivity contribution in [3.05, 3.63) is 18.2 Å². The molecule has 1 N–H and O–H groups in total. The van der Waals surface area contributed by atoms with Crippen LogP contribution in [0.25, 0.3) is 0 Å². The maximum atomic E-state index is 12.4. The van der Waals surface area contributed by atoms with Gasteiger partial charge in [-0.15, -0.1) is 0 Å². The standard InChI is InChI=1S/C18H31N5O2/c1-15(24)19-8-7-17(25)23-11-4-6-16(14-23)18-20-9-13-22(18)12-5-10-21(2)3/h9,13,16H,4-8,10-12,14H2,1-3H3,(H,19,24)/t16-/m1/s1. The summed E-state index contributed by atoms with van der Waals surface area (Å²) in [7, 11) is 4.17. The molecular weight excluding hydrogens is 318 g/mol. The summed E-state index contributed by atoms with van der Waals surface area (Å²) in [5, 5.41) is 2.69. The van der Waals surface area contributed by atoms with Gasteiger partial charge in [0.1, 0.15) is 5.82 Å². The van der Waals surface area contributed by atoms with Crippen LogP contribution >= 0.6 is 0 Å². The molecule has 7 heteroatoms. The summed E-state index contributed by atoms with van der Waals surface area (Å²) in [6.45, 7) is 5.42. The van der Waals surface area contributed by atoms with Crippen LogP contribution in [0, 0.1) is 0 Å². The maximum absolute atomic E-state index is 12.4. The van der Waals surface area contributed by atoms with Gasteiger partial charge in [-0.05, 0) is 39.9 Å². The lowest BCUT2D eigenvalue weighted by Crippen LogP contribution is -2.41. The number of likely N-dealkylation sites (tertiary alicyclic amines) is 1. The minimum Gasteiger partial charge on any atom is -0.356 e. The average molecular weight is 349 g/mol. The van der Waals surface area contributed by atoms with Crippen LogP contribution in [0.1, 0.15) is 44.3 Å². The van der Waals surface area contributed by atoms with Crippen molar-refractivity contribution in [2.24, 2.45) is 0 Å². The van der Waals surface area contributed by atoms with Crippen molar-refractivity contribution in [3.8, 4) is 0 Å². The summed E-state index contributed by atoms with van der Waals surface area (Å²) in [5.74, 6) is 1.42. The first kappa shape index (κ1) is 19.4. The Balaban J connectivity index is 1.89. The molecule has 0 unspecified atom stereocenters. The van der Waals surface area contributed by atoms with Gasteiger partial charge in [0.15, 0.2) is 0 Å². The van der Waals surface area contributed by atoms with Gasteiger partial charge in [-0.3, -0.25) is 9.59 Å². The van der Waals surface area contributed by atoms with E-state index in [1.165, 1.54) is 6.92 Å². The number of aryl methyl sites for hydroxylation is 1. The van der Waals surface area contributed by atoms with Crippen molar-refractivity contribution >= 4 is 11.8 Å². The Bertz CT molecular complexity index is 570. The number of imidazole rings is 1. The molecule has 1 fully saturated rings. The first-order valence-electron chi connectivity index (χ1n) is 9.15. The largest absolute Gasteiger partial charge is 0.356 e. The molecule has 0 bridgehead atoms. The Hall–Kier alpha value is -1.89. The van der Waals surface area contributed by atoms with Gasteiger partial charge in [0.2, 0.25) is 11.8 Å². The third-order valence-corrected chi connectivity index (χ3v) is 4.60. The summed E-state index contributed by atoms with van der Waals surface area (Å²) in [6.07, 6.45) is 7.43. The van der Waals surface area contributed by atoms with Crippen LogP contribution in [0.3, 0.4) is 0 Å². The van der Waals surface area contributed by atoms with Crippen molar-refractivity contribution in [1.29, 1.82) is 0 Å².